The van der Waals surface area contributed by atoms with Crippen LogP contribution in [-0.4, -0.2) is 24.6 Å². The van der Waals surface area contributed by atoms with Crippen molar-refractivity contribution in [2.75, 3.05) is 24.6 Å². The van der Waals surface area contributed by atoms with E-state index in [4.69, 9.17) is 0 Å². The summed E-state index contributed by atoms with van der Waals surface area (Å²) in [6.45, 7) is 9.39. The molecule has 0 amide bonds. The van der Waals surface area contributed by atoms with Gasteiger partial charge < -0.3 is 17.0 Å². The zero-order chi connectivity index (χ0) is 24.3. The molecular weight excluding hydrogens is 495 g/mol. The molecule has 0 bridgehead atoms. The molecule has 0 nitrogen and oxygen atoms in total. The van der Waals surface area contributed by atoms with Gasteiger partial charge in [-0.3, -0.25) is 0 Å². The molecular formula is C32H68BrP. The van der Waals surface area contributed by atoms with Crippen molar-refractivity contribution >= 4 is 7.26 Å². The third-order valence-corrected chi connectivity index (χ3v) is 13.0. The van der Waals surface area contributed by atoms with Gasteiger partial charge in [0, 0.05) is 7.26 Å². The second-order valence-corrected chi connectivity index (χ2v) is 15.8. The van der Waals surface area contributed by atoms with Gasteiger partial charge in [0.15, 0.2) is 0 Å². The normalized spacial score (nSPS) is 11.6. The number of hydrogen-bond acceptors (Lipinski definition) is 0. The summed E-state index contributed by atoms with van der Waals surface area (Å²) in [5.74, 6) is 0. The van der Waals surface area contributed by atoms with E-state index in [1.807, 2.05) is 0 Å². The Hall–Kier alpha value is 0.910. The molecule has 208 valence electrons. The lowest BCUT2D eigenvalue weighted by atomic mass is 10.1. The standard InChI is InChI=1S/C32H68P.BrH/c1-5-9-13-17-19-23-27-31-33(29-25-21-15-11-7-3,30-26-22-16-12-8-4)32-28-24-20-18-14-10-6-2;/h5-32H2,1-4H3;1H/q+1;/p-1. The van der Waals surface area contributed by atoms with Crippen molar-refractivity contribution in [3.8, 4) is 0 Å². The summed E-state index contributed by atoms with van der Waals surface area (Å²) in [5, 5.41) is 0. The van der Waals surface area contributed by atoms with Crippen molar-refractivity contribution < 1.29 is 17.0 Å². The van der Waals surface area contributed by atoms with E-state index in [1.165, 1.54) is 128 Å². The first-order valence-corrected chi connectivity index (χ1v) is 18.6. The predicted octanol–water partition coefficient (Wildman–Crippen LogP) is 9.45. The van der Waals surface area contributed by atoms with Gasteiger partial charge in [-0.1, -0.05) is 130 Å². The summed E-state index contributed by atoms with van der Waals surface area (Å²) in [6.07, 6.45) is 42.1. The number of hydrogen-bond donors (Lipinski definition) is 0. The van der Waals surface area contributed by atoms with E-state index in [9.17, 15) is 0 Å². The topological polar surface area (TPSA) is 0 Å². The van der Waals surface area contributed by atoms with Crippen LogP contribution >= 0.6 is 7.26 Å². The average Bonchev–Trinajstić information content (AvgIpc) is 2.82. The van der Waals surface area contributed by atoms with Gasteiger partial charge in [0.2, 0.25) is 0 Å². The lowest BCUT2D eigenvalue weighted by molar-refractivity contribution is -0.00000755. The maximum absolute atomic E-state index is 2.36. The van der Waals surface area contributed by atoms with Crippen molar-refractivity contribution in [2.24, 2.45) is 0 Å². The molecule has 2 heteroatoms. The van der Waals surface area contributed by atoms with Gasteiger partial charge >= 0.3 is 0 Å². The van der Waals surface area contributed by atoms with Crippen molar-refractivity contribution in [1.82, 2.24) is 0 Å². The Morgan fingerprint density at radius 2 is 0.441 bits per heavy atom. The van der Waals surface area contributed by atoms with Crippen LogP contribution in [0.2, 0.25) is 0 Å². The first kappa shape index (κ1) is 37.1. The summed E-state index contributed by atoms with van der Waals surface area (Å²) >= 11 is 0. The van der Waals surface area contributed by atoms with Crippen molar-refractivity contribution in [3.05, 3.63) is 0 Å². The summed E-state index contributed by atoms with van der Waals surface area (Å²) in [5.41, 5.74) is 0. The van der Waals surface area contributed by atoms with E-state index < -0.39 is 7.26 Å². The molecule has 0 unspecified atom stereocenters. The summed E-state index contributed by atoms with van der Waals surface area (Å²) in [6, 6.07) is 0. The number of rotatable bonds is 28. The van der Waals surface area contributed by atoms with Crippen LogP contribution < -0.4 is 17.0 Å². The molecule has 0 aliphatic carbocycles. The zero-order valence-corrected chi connectivity index (χ0v) is 27.1. The molecule has 0 aromatic heterocycles. The SMILES string of the molecule is CCCCCCCCC[P+](CCCCCCC)(CCCCCCC)CCCCCCCCC.[Br-]. The molecule has 0 saturated heterocycles. The highest BCUT2D eigenvalue weighted by Gasteiger charge is 2.34. The van der Waals surface area contributed by atoms with Gasteiger partial charge in [-0.25, -0.2) is 0 Å². The molecule has 0 rings (SSSR count). The van der Waals surface area contributed by atoms with E-state index >= 15 is 0 Å². The van der Waals surface area contributed by atoms with Gasteiger partial charge in [0.25, 0.3) is 0 Å². The zero-order valence-electron chi connectivity index (χ0n) is 24.6. The van der Waals surface area contributed by atoms with Crippen molar-refractivity contribution in [2.45, 2.75) is 182 Å². The molecule has 0 radical (unpaired) electrons. The van der Waals surface area contributed by atoms with Crippen LogP contribution in [0.3, 0.4) is 0 Å². The fourth-order valence-electron chi connectivity index (χ4n) is 5.58. The highest BCUT2D eigenvalue weighted by Crippen LogP contribution is 2.61. The summed E-state index contributed by atoms with van der Waals surface area (Å²) < 4.78 is 0. The second kappa shape index (κ2) is 30.1. The fraction of sp³-hybridized carbons (Fsp3) is 1.00. The Morgan fingerprint density at radius 1 is 0.265 bits per heavy atom. The van der Waals surface area contributed by atoms with Crippen molar-refractivity contribution in [1.29, 1.82) is 0 Å². The fourth-order valence-corrected chi connectivity index (χ4v) is 10.5. The minimum atomic E-state index is -0.716. The first-order valence-electron chi connectivity index (χ1n) is 16.1. The van der Waals surface area contributed by atoms with Crippen LogP contribution in [0.15, 0.2) is 0 Å². The van der Waals surface area contributed by atoms with Crippen LogP contribution in [0.4, 0.5) is 0 Å². The van der Waals surface area contributed by atoms with E-state index in [-0.39, 0.29) is 17.0 Å². The van der Waals surface area contributed by atoms with E-state index in [0.29, 0.717) is 0 Å². The molecule has 0 aromatic rings. The molecule has 0 spiro atoms. The minimum Gasteiger partial charge on any atom is -1.00 e. The van der Waals surface area contributed by atoms with Gasteiger partial charge in [-0.2, -0.15) is 0 Å². The third-order valence-electron chi connectivity index (χ3n) is 7.94. The maximum Gasteiger partial charge on any atom is 0.0594 e. The molecule has 0 atom stereocenters. The minimum absolute atomic E-state index is 0. The van der Waals surface area contributed by atoms with Crippen LogP contribution in [0.1, 0.15) is 182 Å². The first-order chi connectivity index (χ1) is 16.2. The van der Waals surface area contributed by atoms with Gasteiger partial charge in [0.1, 0.15) is 0 Å². The Labute approximate surface area is 230 Å². The maximum atomic E-state index is 2.36. The van der Waals surface area contributed by atoms with E-state index in [1.54, 1.807) is 50.3 Å². The number of halogens is 1. The highest BCUT2D eigenvalue weighted by atomic mass is 79.9. The van der Waals surface area contributed by atoms with E-state index in [2.05, 4.69) is 27.7 Å². The van der Waals surface area contributed by atoms with Gasteiger partial charge in [0.05, 0.1) is 24.6 Å². The molecule has 0 aliphatic heterocycles. The monoisotopic (exact) mass is 562 g/mol. The molecule has 0 aliphatic rings. The Morgan fingerprint density at radius 3 is 0.647 bits per heavy atom. The quantitative estimate of drug-likeness (QED) is 0.0657. The van der Waals surface area contributed by atoms with Crippen molar-refractivity contribution in [3.63, 3.8) is 0 Å². The van der Waals surface area contributed by atoms with Gasteiger partial charge in [-0.15, -0.1) is 0 Å². The molecule has 0 aromatic carbocycles. The van der Waals surface area contributed by atoms with Crippen LogP contribution in [-0.2, 0) is 0 Å². The van der Waals surface area contributed by atoms with Gasteiger partial charge in [-0.05, 0) is 51.4 Å². The summed E-state index contributed by atoms with van der Waals surface area (Å²) in [4.78, 5) is 0. The lowest BCUT2D eigenvalue weighted by Gasteiger charge is -2.28. The predicted molar refractivity (Wildman–Crippen MR) is 160 cm³/mol. The highest BCUT2D eigenvalue weighted by molar-refractivity contribution is 7.75. The third kappa shape index (κ3) is 24.6. The molecule has 0 N–H and O–H groups in total. The molecule has 0 saturated carbocycles. The Bertz CT molecular complexity index is 323. The average molecular weight is 564 g/mol. The Kier molecular flexibility index (Phi) is 32.9. The molecule has 0 fully saturated rings. The Balaban J connectivity index is 0. The lowest BCUT2D eigenvalue weighted by Crippen LogP contribution is -3.00. The van der Waals surface area contributed by atoms with Crippen LogP contribution in [0, 0.1) is 0 Å². The van der Waals surface area contributed by atoms with Crippen LogP contribution in [0.25, 0.3) is 0 Å². The largest absolute Gasteiger partial charge is 1.00 e. The smallest absolute Gasteiger partial charge is 0.0594 e. The second-order valence-electron chi connectivity index (χ2n) is 11.3. The molecule has 0 heterocycles. The summed E-state index contributed by atoms with van der Waals surface area (Å²) in [7, 11) is -0.716. The van der Waals surface area contributed by atoms with E-state index in [0.717, 1.165) is 0 Å². The van der Waals surface area contributed by atoms with Crippen LogP contribution in [0.5, 0.6) is 0 Å². The number of unbranched alkanes of at least 4 members (excludes halogenated alkanes) is 20. The molecule has 34 heavy (non-hydrogen) atoms.